The van der Waals surface area contributed by atoms with Crippen molar-refractivity contribution >= 4 is 5.97 Å². The van der Waals surface area contributed by atoms with Crippen LogP contribution in [0.25, 0.3) is 0 Å². The highest BCUT2D eigenvalue weighted by molar-refractivity contribution is 5.79. The Kier molecular flexibility index (Phi) is 20.8. The van der Waals surface area contributed by atoms with Gasteiger partial charge in [-0.1, -0.05) is 58.4 Å². The zero-order valence-corrected chi connectivity index (χ0v) is 53.1. The molecule has 0 spiro atoms. The van der Waals surface area contributed by atoms with Gasteiger partial charge in [-0.25, -0.2) is 0 Å². The number of esters is 1. The smallest absolute Gasteiger partial charge is 0.315 e. The predicted molar refractivity (Wildman–Crippen MR) is 309 cm³/mol. The van der Waals surface area contributed by atoms with Crippen LogP contribution >= 0.6 is 0 Å². The maximum atomic E-state index is 14.7. The van der Waals surface area contributed by atoms with E-state index in [0.717, 1.165) is 31.3 Å². The summed E-state index contributed by atoms with van der Waals surface area (Å²) in [5.41, 5.74) is -0.123. The maximum absolute atomic E-state index is 14.7. The first-order valence-corrected chi connectivity index (χ1v) is 32.7. The SMILES string of the molecule is C=C1CC[C@]2(C(=O)O[C@H]3O[C@@H](CO)[C@H](O)[C@@H](O)[C@@H]3O)CC[C@@]3(C)C(=CC[C@@H]4[C@@]5(C)CC[C@@H](O[C@H]6OC[C@H](O)[C@@H](O[C@@H]7O[C@H](CO)[C@@H](O[C@H]8OC[C@H](O[C@H]9O[C@@H](C)[C@H](O)[C@@H](O)[C@@H]9O)[C@@H](O)[C@@H]8O)[C@H](O)[C@H]7O[C@H]7O[C@@H](C)[C@H](O)[C@@H](O)[C@@H]7O)[C@@H]6O)C(C)(C)[C@H]5CC[C@@]43C)[C@@H]2C1. The molecule has 526 valence electrons. The Hall–Kier alpha value is -2.13. The van der Waals surface area contributed by atoms with Crippen molar-refractivity contribution in [3.63, 3.8) is 0 Å². The van der Waals surface area contributed by atoms with Gasteiger partial charge in [0.25, 0.3) is 0 Å². The number of carbonyl (C=O) groups excluding carboxylic acids is 1. The van der Waals surface area contributed by atoms with Crippen molar-refractivity contribution in [2.75, 3.05) is 26.4 Å². The van der Waals surface area contributed by atoms with E-state index in [4.69, 9.17) is 56.8 Å². The van der Waals surface area contributed by atoms with E-state index in [1.54, 1.807) is 0 Å². The molecule has 6 aliphatic heterocycles. The molecule has 29 heteroatoms. The summed E-state index contributed by atoms with van der Waals surface area (Å²) in [6, 6.07) is 0. The summed E-state index contributed by atoms with van der Waals surface area (Å²) >= 11 is 0. The number of rotatable bonds is 14. The molecule has 6 heterocycles. The molecule has 11 aliphatic rings. The van der Waals surface area contributed by atoms with E-state index in [2.05, 4.69) is 47.3 Å². The van der Waals surface area contributed by atoms with Crippen molar-refractivity contribution in [3.8, 4) is 0 Å². The van der Waals surface area contributed by atoms with Crippen molar-refractivity contribution in [1.29, 1.82) is 0 Å². The molecule has 10 fully saturated rings. The van der Waals surface area contributed by atoms with Crippen molar-refractivity contribution in [1.82, 2.24) is 0 Å². The number of fused-ring (bicyclic) bond motifs is 7. The van der Waals surface area contributed by atoms with Crippen LogP contribution in [-0.2, 0) is 61.6 Å². The van der Waals surface area contributed by atoms with E-state index in [1.807, 2.05) is 0 Å². The van der Waals surface area contributed by atoms with Crippen LogP contribution in [0, 0.1) is 44.8 Å². The van der Waals surface area contributed by atoms with Crippen molar-refractivity contribution < 1.29 is 143 Å². The van der Waals surface area contributed by atoms with Crippen LogP contribution in [0.2, 0.25) is 0 Å². The van der Waals surface area contributed by atoms with Crippen LogP contribution in [0.5, 0.6) is 0 Å². The van der Waals surface area contributed by atoms with Gasteiger partial charge in [0.2, 0.25) is 6.29 Å². The Morgan fingerprint density at radius 1 is 0.533 bits per heavy atom. The molecule has 0 aromatic rings. The van der Waals surface area contributed by atoms with E-state index in [0.29, 0.717) is 38.5 Å². The number of hydrogen-bond donors (Lipinski definition) is 16. The number of hydrogen-bond acceptors (Lipinski definition) is 29. The van der Waals surface area contributed by atoms with Gasteiger partial charge in [-0.15, -0.1) is 0 Å². The number of aliphatic hydroxyl groups excluding tert-OH is 16. The summed E-state index contributed by atoms with van der Waals surface area (Å²) < 4.78 is 71.9. The fraction of sp³-hybridized carbons (Fsp3) is 0.921. The third-order valence-corrected chi connectivity index (χ3v) is 24.2. The summed E-state index contributed by atoms with van der Waals surface area (Å²) in [5, 5.41) is 175. The summed E-state index contributed by atoms with van der Waals surface area (Å²) in [6.07, 6.45) is -37.7. The lowest BCUT2D eigenvalue weighted by Crippen LogP contribution is -2.67. The third kappa shape index (κ3) is 12.0. The Balaban J connectivity index is 0.781. The lowest BCUT2D eigenvalue weighted by Gasteiger charge is -2.71. The molecule has 11 rings (SSSR count). The van der Waals surface area contributed by atoms with Crippen LogP contribution in [-0.4, -0.2) is 292 Å². The van der Waals surface area contributed by atoms with Gasteiger partial charge in [0, 0.05) is 5.92 Å². The lowest BCUT2D eigenvalue weighted by atomic mass is 9.34. The third-order valence-electron chi connectivity index (χ3n) is 24.2. The molecular formula is C63H100O29. The molecule has 0 aromatic heterocycles. The predicted octanol–water partition coefficient (Wildman–Crippen LogP) is -3.52. The number of carbonyl (C=O) groups is 1. The minimum Gasteiger partial charge on any atom is -0.432 e. The Morgan fingerprint density at radius 2 is 1.10 bits per heavy atom. The summed E-state index contributed by atoms with van der Waals surface area (Å²) in [7, 11) is 0. The zero-order chi connectivity index (χ0) is 66.8. The molecule has 0 radical (unpaired) electrons. The van der Waals surface area contributed by atoms with Crippen molar-refractivity contribution in [2.24, 2.45) is 44.8 Å². The van der Waals surface area contributed by atoms with Gasteiger partial charge in [0.15, 0.2) is 31.5 Å². The van der Waals surface area contributed by atoms with Crippen LogP contribution in [0.3, 0.4) is 0 Å². The van der Waals surface area contributed by atoms with E-state index in [9.17, 15) is 86.5 Å². The molecule has 16 N–H and O–H groups in total. The summed E-state index contributed by atoms with van der Waals surface area (Å²) in [5.74, 6) is -0.540. The monoisotopic (exact) mass is 1320 g/mol. The molecule has 0 amide bonds. The minimum atomic E-state index is -2.01. The second-order valence-electron chi connectivity index (χ2n) is 29.5. The van der Waals surface area contributed by atoms with Crippen LogP contribution < -0.4 is 0 Å². The van der Waals surface area contributed by atoms with E-state index in [1.165, 1.54) is 19.4 Å². The second kappa shape index (κ2) is 26.8. The van der Waals surface area contributed by atoms with Gasteiger partial charge in [-0.05, 0) is 112 Å². The van der Waals surface area contributed by atoms with Gasteiger partial charge in [-0.3, -0.25) is 4.79 Å². The molecule has 0 aromatic carbocycles. The largest absolute Gasteiger partial charge is 0.432 e. The van der Waals surface area contributed by atoms with E-state index < -0.39 is 221 Å². The molecular weight excluding hydrogens is 1220 g/mol. The van der Waals surface area contributed by atoms with Gasteiger partial charge in [0.1, 0.15) is 122 Å². The molecule has 4 saturated carbocycles. The maximum Gasteiger partial charge on any atom is 0.315 e. The summed E-state index contributed by atoms with van der Waals surface area (Å²) in [6.45, 7) is 16.1. The first kappa shape index (κ1) is 71.2. The molecule has 92 heavy (non-hydrogen) atoms. The quantitative estimate of drug-likeness (QED) is 0.0455. The van der Waals surface area contributed by atoms with E-state index >= 15 is 0 Å². The van der Waals surface area contributed by atoms with Gasteiger partial charge in [-0.2, -0.15) is 0 Å². The van der Waals surface area contributed by atoms with E-state index in [-0.39, 0.29) is 34.0 Å². The zero-order valence-electron chi connectivity index (χ0n) is 53.1. The normalized spacial score (nSPS) is 54.6. The number of allylic oxidation sites excluding steroid dienone is 3. The molecule has 29 nitrogen and oxygen atoms in total. The van der Waals surface area contributed by atoms with Gasteiger partial charge < -0.3 is 139 Å². The molecule has 0 unspecified atom stereocenters. The molecule has 0 bridgehead atoms. The van der Waals surface area contributed by atoms with Crippen molar-refractivity contribution in [3.05, 3.63) is 23.8 Å². The lowest BCUT2D eigenvalue weighted by molar-refractivity contribution is -0.399. The average Bonchev–Trinajstić information content (AvgIpc) is 0.678. The Labute approximate surface area is 533 Å². The topological polar surface area (TPSA) is 452 Å². The highest BCUT2D eigenvalue weighted by Gasteiger charge is 2.70. The fourth-order valence-corrected chi connectivity index (χ4v) is 18.4. The van der Waals surface area contributed by atoms with Gasteiger partial charge in [0.05, 0.1) is 50.2 Å². The number of ether oxygens (including phenoxy) is 12. The second-order valence-corrected chi connectivity index (χ2v) is 29.5. The Bertz CT molecular complexity index is 2620. The highest BCUT2D eigenvalue weighted by Crippen LogP contribution is 2.76. The molecule has 5 aliphatic carbocycles. The highest BCUT2D eigenvalue weighted by atomic mass is 16.8. The number of aliphatic hydroxyl groups is 16. The van der Waals surface area contributed by atoms with Crippen LogP contribution in [0.4, 0.5) is 0 Å². The van der Waals surface area contributed by atoms with Crippen molar-refractivity contribution in [2.45, 2.75) is 291 Å². The average molecular weight is 1320 g/mol. The molecule has 36 atom stereocenters. The van der Waals surface area contributed by atoms with Crippen LogP contribution in [0.1, 0.15) is 113 Å². The van der Waals surface area contributed by atoms with Crippen LogP contribution in [0.15, 0.2) is 23.8 Å². The fourth-order valence-electron chi connectivity index (χ4n) is 18.4. The standard InChI is InChI=1S/C63H100O29/c1-24-11-16-63(58(80)92-56-46(77)42(73)38(69)30(20-64)85-56)18-17-61(7)27(28(63)19-24)9-10-34-60(6)14-13-35(59(4,5)33(60)12-15-62(34,61)8)88-53-48(79)49(29(66)22-81-53)89-57-51(91-55-45(76)41(72)37(68)26(3)84-55)47(78)50(31(21-65)86-57)90-52-43(74)39(70)32(23-82-52)87-54-44(75)40(71)36(67)25(2)83-54/h9,25-26,28-57,64-79H,1,10-23H2,2-8H3/t25-,26-,28-,29-,30-,31+,32-,33+,34+,35+,36-,37-,38-,39+,40+,41+,42+,43-,44-,45-,46-,47-,48-,49+,50+,51+,52+,53+,54+,55+,56+,57-,60-,61-,62-,63-/m0/s1. The Morgan fingerprint density at radius 3 is 1.75 bits per heavy atom. The van der Waals surface area contributed by atoms with Gasteiger partial charge >= 0.3 is 5.97 Å². The first-order chi connectivity index (χ1) is 43.3. The first-order valence-electron chi connectivity index (χ1n) is 32.7. The minimum absolute atomic E-state index is 0.0906. The summed E-state index contributed by atoms with van der Waals surface area (Å²) in [4.78, 5) is 14.7. The molecule has 6 saturated heterocycles.